The van der Waals surface area contributed by atoms with Gasteiger partial charge in [0.2, 0.25) is 0 Å². The molecular formula is C11H22N2O. The maximum atomic E-state index is 5.55. The fourth-order valence-electron chi connectivity index (χ4n) is 2.58. The molecule has 0 radical (unpaired) electrons. The first kappa shape index (κ1) is 10.4. The summed E-state index contributed by atoms with van der Waals surface area (Å²) in [5.41, 5.74) is 0.497. The van der Waals surface area contributed by atoms with Gasteiger partial charge in [0.1, 0.15) is 0 Å². The molecule has 1 N–H and O–H groups in total. The molecule has 2 atom stereocenters. The molecule has 0 aromatic heterocycles. The van der Waals surface area contributed by atoms with E-state index in [0.29, 0.717) is 11.5 Å². The Bertz CT molecular complexity index is 190. The van der Waals surface area contributed by atoms with Crippen molar-refractivity contribution in [3.05, 3.63) is 0 Å². The minimum absolute atomic E-state index is 0.418. The first-order valence-corrected chi connectivity index (χ1v) is 5.73. The van der Waals surface area contributed by atoms with E-state index in [-0.39, 0.29) is 0 Å². The molecule has 0 aliphatic carbocycles. The van der Waals surface area contributed by atoms with Gasteiger partial charge in [-0.1, -0.05) is 6.92 Å². The summed E-state index contributed by atoms with van der Waals surface area (Å²) in [7, 11) is 0. The Kier molecular flexibility index (Phi) is 3.10. The second kappa shape index (κ2) is 4.17. The fourth-order valence-corrected chi connectivity index (χ4v) is 2.58. The summed E-state index contributed by atoms with van der Waals surface area (Å²) in [6.07, 6.45) is 1.74. The minimum Gasteiger partial charge on any atom is -0.376 e. The quantitative estimate of drug-likeness (QED) is 0.707. The maximum absolute atomic E-state index is 5.55. The van der Waals surface area contributed by atoms with Crippen LogP contribution >= 0.6 is 0 Å². The Morgan fingerprint density at radius 2 is 2.43 bits per heavy atom. The minimum atomic E-state index is 0.418. The topological polar surface area (TPSA) is 24.5 Å². The second-order valence-corrected chi connectivity index (χ2v) is 5.15. The van der Waals surface area contributed by atoms with Gasteiger partial charge < -0.3 is 10.1 Å². The van der Waals surface area contributed by atoms with Gasteiger partial charge in [-0.15, -0.1) is 0 Å². The first-order chi connectivity index (χ1) is 6.68. The van der Waals surface area contributed by atoms with E-state index in [1.165, 1.54) is 26.1 Å². The van der Waals surface area contributed by atoms with E-state index in [4.69, 9.17) is 4.74 Å². The van der Waals surface area contributed by atoms with Crippen molar-refractivity contribution in [3.63, 3.8) is 0 Å². The van der Waals surface area contributed by atoms with Crippen molar-refractivity contribution in [1.82, 2.24) is 10.2 Å². The Morgan fingerprint density at radius 3 is 3.07 bits per heavy atom. The normalized spacial score (nSPS) is 40.3. The molecule has 2 aliphatic heterocycles. The summed E-state index contributed by atoms with van der Waals surface area (Å²) >= 11 is 0. The van der Waals surface area contributed by atoms with Gasteiger partial charge in [-0.2, -0.15) is 0 Å². The predicted molar refractivity (Wildman–Crippen MR) is 57.4 cm³/mol. The fraction of sp³-hybridized carbons (Fsp3) is 1.00. The van der Waals surface area contributed by atoms with E-state index >= 15 is 0 Å². The lowest BCUT2D eigenvalue weighted by Crippen LogP contribution is -2.46. The lowest BCUT2D eigenvalue weighted by molar-refractivity contribution is -0.0290. The van der Waals surface area contributed by atoms with Crippen molar-refractivity contribution in [2.24, 2.45) is 5.41 Å². The van der Waals surface area contributed by atoms with E-state index in [0.717, 1.165) is 19.7 Å². The summed E-state index contributed by atoms with van der Waals surface area (Å²) in [4.78, 5) is 2.56. The van der Waals surface area contributed by atoms with Crippen LogP contribution in [0.25, 0.3) is 0 Å². The zero-order valence-electron chi connectivity index (χ0n) is 9.38. The molecule has 0 bridgehead atoms. The zero-order chi connectivity index (χ0) is 10.0. The van der Waals surface area contributed by atoms with Crippen LogP contribution in [0.4, 0.5) is 0 Å². The van der Waals surface area contributed by atoms with Crippen LogP contribution in [0.15, 0.2) is 0 Å². The Morgan fingerprint density at radius 1 is 1.57 bits per heavy atom. The molecule has 0 aromatic carbocycles. The van der Waals surface area contributed by atoms with Crippen LogP contribution in [0.1, 0.15) is 20.3 Å². The van der Waals surface area contributed by atoms with Crippen LogP contribution in [0, 0.1) is 5.41 Å². The summed E-state index contributed by atoms with van der Waals surface area (Å²) < 4.78 is 5.55. The Labute approximate surface area is 86.8 Å². The molecule has 2 unspecified atom stereocenters. The highest BCUT2D eigenvalue weighted by molar-refractivity contribution is 4.87. The molecular weight excluding hydrogens is 176 g/mol. The molecule has 0 saturated carbocycles. The van der Waals surface area contributed by atoms with Crippen LogP contribution in [0.2, 0.25) is 0 Å². The number of rotatable bonds is 2. The third kappa shape index (κ3) is 2.47. The lowest BCUT2D eigenvalue weighted by atomic mass is 9.89. The molecule has 3 nitrogen and oxygen atoms in total. The van der Waals surface area contributed by atoms with Crippen LogP contribution < -0.4 is 5.32 Å². The largest absolute Gasteiger partial charge is 0.376 e. The highest BCUT2D eigenvalue weighted by Crippen LogP contribution is 2.26. The molecule has 2 rings (SSSR count). The third-order valence-corrected chi connectivity index (χ3v) is 3.39. The lowest BCUT2D eigenvalue weighted by Gasteiger charge is -2.36. The Balaban J connectivity index is 1.83. The van der Waals surface area contributed by atoms with Crippen molar-refractivity contribution >= 4 is 0 Å². The molecule has 14 heavy (non-hydrogen) atoms. The highest BCUT2D eigenvalue weighted by atomic mass is 16.5. The van der Waals surface area contributed by atoms with Gasteiger partial charge in [0.05, 0.1) is 12.7 Å². The number of hydrogen-bond donors (Lipinski definition) is 1. The SMILES string of the molecule is CC1CN(CC2(C)CCNC2)CCO1. The van der Waals surface area contributed by atoms with Crippen LogP contribution in [-0.4, -0.2) is 50.3 Å². The standard InChI is InChI=1S/C11H22N2O/c1-10-7-13(5-6-14-10)9-11(2)3-4-12-8-11/h10,12H,3-9H2,1-2H3. The number of nitrogens with one attached hydrogen (secondary N) is 1. The molecule has 0 amide bonds. The number of ether oxygens (including phenoxy) is 1. The number of morpholine rings is 1. The molecule has 2 saturated heterocycles. The van der Waals surface area contributed by atoms with Gasteiger partial charge >= 0.3 is 0 Å². The first-order valence-electron chi connectivity index (χ1n) is 5.73. The van der Waals surface area contributed by atoms with E-state index in [1.54, 1.807) is 0 Å². The smallest absolute Gasteiger partial charge is 0.0674 e. The summed E-state index contributed by atoms with van der Waals surface area (Å²) in [5.74, 6) is 0. The molecule has 3 heteroatoms. The number of nitrogens with zero attached hydrogens (tertiary/aromatic N) is 1. The van der Waals surface area contributed by atoms with E-state index in [9.17, 15) is 0 Å². The van der Waals surface area contributed by atoms with E-state index in [1.807, 2.05) is 0 Å². The summed E-state index contributed by atoms with van der Waals surface area (Å²) in [6.45, 7) is 11.3. The number of hydrogen-bond acceptors (Lipinski definition) is 3. The van der Waals surface area contributed by atoms with Gasteiger partial charge in [0, 0.05) is 26.2 Å². The van der Waals surface area contributed by atoms with Gasteiger partial charge in [0.25, 0.3) is 0 Å². The summed E-state index contributed by atoms with van der Waals surface area (Å²) in [6, 6.07) is 0. The Hall–Kier alpha value is -0.120. The third-order valence-electron chi connectivity index (χ3n) is 3.39. The van der Waals surface area contributed by atoms with Crippen molar-refractivity contribution in [2.75, 3.05) is 39.3 Å². The molecule has 0 aromatic rings. The monoisotopic (exact) mass is 198 g/mol. The summed E-state index contributed by atoms with van der Waals surface area (Å²) in [5, 5.41) is 3.46. The van der Waals surface area contributed by atoms with Gasteiger partial charge in [-0.25, -0.2) is 0 Å². The van der Waals surface area contributed by atoms with E-state index in [2.05, 4.69) is 24.1 Å². The zero-order valence-corrected chi connectivity index (χ0v) is 9.38. The van der Waals surface area contributed by atoms with Crippen LogP contribution in [0.3, 0.4) is 0 Å². The highest BCUT2D eigenvalue weighted by Gasteiger charge is 2.31. The second-order valence-electron chi connectivity index (χ2n) is 5.15. The van der Waals surface area contributed by atoms with Crippen molar-refractivity contribution in [2.45, 2.75) is 26.4 Å². The predicted octanol–water partition coefficient (Wildman–Crippen LogP) is 0.707. The van der Waals surface area contributed by atoms with Gasteiger partial charge in [0.15, 0.2) is 0 Å². The van der Waals surface area contributed by atoms with Crippen molar-refractivity contribution in [3.8, 4) is 0 Å². The average molecular weight is 198 g/mol. The van der Waals surface area contributed by atoms with Crippen LogP contribution in [-0.2, 0) is 4.74 Å². The maximum Gasteiger partial charge on any atom is 0.0674 e. The van der Waals surface area contributed by atoms with Crippen LogP contribution in [0.5, 0.6) is 0 Å². The van der Waals surface area contributed by atoms with Gasteiger partial charge in [-0.05, 0) is 25.3 Å². The van der Waals surface area contributed by atoms with E-state index < -0.39 is 0 Å². The van der Waals surface area contributed by atoms with Gasteiger partial charge in [-0.3, -0.25) is 4.90 Å². The molecule has 0 spiro atoms. The van der Waals surface area contributed by atoms with Crippen molar-refractivity contribution < 1.29 is 4.74 Å². The average Bonchev–Trinajstić information content (AvgIpc) is 2.51. The van der Waals surface area contributed by atoms with Crippen molar-refractivity contribution in [1.29, 1.82) is 0 Å². The molecule has 2 aliphatic rings. The molecule has 2 heterocycles. The molecule has 2 fully saturated rings. The molecule has 82 valence electrons.